The number of aryl methyl sites for hydroxylation is 1. The second-order valence-corrected chi connectivity index (χ2v) is 4.79. The lowest BCUT2D eigenvalue weighted by atomic mass is 9.89. The van der Waals surface area contributed by atoms with E-state index in [1.54, 1.807) is 0 Å². The van der Waals surface area contributed by atoms with E-state index in [0.717, 1.165) is 26.3 Å². The summed E-state index contributed by atoms with van der Waals surface area (Å²) in [5, 5.41) is 7.68. The Morgan fingerprint density at radius 3 is 2.80 bits per heavy atom. The van der Waals surface area contributed by atoms with Crippen molar-refractivity contribution in [2.45, 2.75) is 20.4 Å². The Kier molecular flexibility index (Phi) is 2.80. The van der Waals surface area contributed by atoms with Crippen molar-refractivity contribution in [1.29, 1.82) is 0 Å². The van der Waals surface area contributed by atoms with Crippen LogP contribution in [-0.4, -0.2) is 29.5 Å². The summed E-state index contributed by atoms with van der Waals surface area (Å²) >= 11 is 0. The van der Waals surface area contributed by atoms with Crippen LogP contribution in [0.15, 0.2) is 6.20 Å². The molecule has 0 bridgehead atoms. The molecule has 0 atom stereocenters. The molecule has 1 saturated heterocycles. The zero-order valence-electron chi connectivity index (χ0n) is 9.71. The summed E-state index contributed by atoms with van der Waals surface area (Å²) in [5.41, 5.74) is 2.86. The monoisotopic (exact) mass is 209 g/mol. The molecule has 0 saturated carbocycles. The minimum atomic E-state index is 0.343. The van der Waals surface area contributed by atoms with Gasteiger partial charge < -0.3 is 10.1 Å². The Balaban J connectivity index is 1.81. The fourth-order valence-corrected chi connectivity index (χ4v) is 1.77. The third-order valence-corrected chi connectivity index (χ3v) is 3.11. The normalized spacial score (nSPS) is 18.9. The molecule has 0 aliphatic carbocycles. The molecule has 0 unspecified atom stereocenters. The molecule has 2 rings (SSSR count). The smallest absolute Gasteiger partial charge is 0.0554 e. The average molecular weight is 209 g/mol. The Bertz CT molecular complexity index is 342. The maximum Gasteiger partial charge on any atom is 0.0554 e. The minimum absolute atomic E-state index is 0.343. The molecule has 1 aliphatic heterocycles. The second kappa shape index (κ2) is 3.94. The number of nitrogens with one attached hydrogen (secondary N) is 1. The Morgan fingerprint density at radius 1 is 1.60 bits per heavy atom. The summed E-state index contributed by atoms with van der Waals surface area (Å²) in [6.07, 6.45) is 1.93. The van der Waals surface area contributed by atoms with Crippen LogP contribution in [0.1, 0.15) is 18.2 Å². The van der Waals surface area contributed by atoms with E-state index in [4.69, 9.17) is 4.74 Å². The third-order valence-electron chi connectivity index (χ3n) is 3.11. The van der Waals surface area contributed by atoms with Crippen LogP contribution in [0.25, 0.3) is 0 Å². The molecule has 4 nitrogen and oxygen atoms in total. The first-order valence-electron chi connectivity index (χ1n) is 5.37. The lowest BCUT2D eigenvalue weighted by Crippen LogP contribution is -2.47. The molecule has 1 aromatic rings. The van der Waals surface area contributed by atoms with Crippen molar-refractivity contribution in [1.82, 2.24) is 15.1 Å². The van der Waals surface area contributed by atoms with Crippen LogP contribution in [0.5, 0.6) is 0 Å². The molecule has 0 aromatic carbocycles. The van der Waals surface area contributed by atoms with Crippen LogP contribution < -0.4 is 5.32 Å². The maximum absolute atomic E-state index is 5.21. The first-order valence-corrected chi connectivity index (χ1v) is 5.37. The van der Waals surface area contributed by atoms with Crippen LogP contribution in [0.3, 0.4) is 0 Å². The van der Waals surface area contributed by atoms with Gasteiger partial charge in [-0.1, -0.05) is 6.92 Å². The minimum Gasteiger partial charge on any atom is -0.380 e. The molecular weight excluding hydrogens is 190 g/mol. The maximum atomic E-state index is 5.21. The zero-order valence-corrected chi connectivity index (χ0v) is 9.71. The van der Waals surface area contributed by atoms with E-state index in [1.807, 2.05) is 17.9 Å². The molecule has 1 fully saturated rings. The van der Waals surface area contributed by atoms with Crippen LogP contribution in [0.4, 0.5) is 0 Å². The SMILES string of the molecule is Cc1c(CNCC2(C)COC2)cnn1C. The van der Waals surface area contributed by atoms with E-state index in [9.17, 15) is 0 Å². The highest BCUT2D eigenvalue weighted by Gasteiger charge is 2.32. The van der Waals surface area contributed by atoms with Gasteiger partial charge in [-0.3, -0.25) is 4.68 Å². The van der Waals surface area contributed by atoms with Crippen LogP contribution in [-0.2, 0) is 18.3 Å². The first kappa shape index (κ1) is 10.6. The number of hydrogen-bond donors (Lipinski definition) is 1. The van der Waals surface area contributed by atoms with E-state index in [0.29, 0.717) is 5.41 Å². The summed E-state index contributed by atoms with van der Waals surface area (Å²) in [7, 11) is 1.97. The highest BCUT2D eigenvalue weighted by molar-refractivity contribution is 5.15. The van der Waals surface area contributed by atoms with Crippen LogP contribution in [0.2, 0.25) is 0 Å². The molecule has 4 heteroatoms. The summed E-state index contributed by atoms with van der Waals surface area (Å²) in [5.74, 6) is 0. The molecule has 2 heterocycles. The third kappa shape index (κ3) is 2.21. The number of nitrogens with zero attached hydrogens (tertiary/aromatic N) is 2. The van der Waals surface area contributed by atoms with E-state index >= 15 is 0 Å². The molecule has 1 aliphatic rings. The van der Waals surface area contributed by atoms with Crippen molar-refractivity contribution in [3.63, 3.8) is 0 Å². The van der Waals surface area contributed by atoms with E-state index < -0.39 is 0 Å². The van der Waals surface area contributed by atoms with Gasteiger partial charge in [-0.2, -0.15) is 5.10 Å². The molecule has 1 aromatic heterocycles. The number of rotatable bonds is 4. The van der Waals surface area contributed by atoms with Gasteiger partial charge in [-0.15, -0.1) is 0 Å². The highest BCUT2D eigenvalue weighted by atomic mass is 16.5. The largest absolute Gasteiger partial charge is 0.380 e. The van der Waals surface area contributed by atoms with Crippen LogP contribution in [0, 0.1) is 12.3 Å². The predicted molar refractivity (Wildman–Crippen MR) is 58.6 cm³/mol. The van der Waals surface area contributed by atoms with E-state index in [-0.39, 0.29) is 0 Å². The quantitative estimate of drug-likeness (QED) is 0.799. The van der Waals surface area contributed by atoms with Crippen molar-refractivity contribution < 1.29 is 4.74 Å². The summed E-state index contributed by atoms with van der Waals surface area (Å²) in [6.45, 7) is 8.02. The Morgan fingerprint density at radius 2 is 2.33 bits per heavy atom. The van der Waals surface area contributed by atoms with Crippen LogP contribution >= 0.6 is 0 Å². The fourth-order valence-electron chi connectivity index (χ4n) is 1.77. The fraction of sp³-hybridized carbons (Fsp3) is 0.727. The van der Waals surface area contributed by atoms with Gasteiger partial charge in [-0.05, 0) is 6.92 Å². The van der Waals surface area contributed by atoms with Crippen molar-refractivity contribution in [2.75, 3.05) is 19.8 Å². The van der Waals surface area contributed by atoms with Gasteiger partial charge in [0.2, 0.25) is 0 Å². The summed E-state index contributed by atoms with van der Waals surface area (Å²) in [4.78, 5) is 0. The standard InChI is InChI=1S/C11H19N3O/c1-9-10(5-13-14(9)3)4-12-6-11(2)7-15-8-11/h5,12H,4,6-8H2,1-3H3. The molecule has 0 amide bonds. The van der Waals surface area contributed by atoms with Gasteiger partial charge in [-0.25, -0.2) is 0 Å². The molecule has 15 heavy (non-hydrogen) atoms. The zero-order chi connectivity index (χ0) is 10.9. The lowest BCUT2D eigenvalue weighted by molar-refractivity contribution is -0.0991. The van der Waals surface area contributed by atoms with Crippen molar-refractivity contribution in [3.05, 3.63) is 17.5 Å². The first-order chi connectivity index (χ1) is 7.11. The van der Waals surface area contributed by atoms with Crippen molar-refractivity contribution >= 4 is 0 Å². The topological polar surface area (TPSA) is 39.1 Å². The predicted octanol–water partition coefficient (Wildman–Crippen LogP) is 0.855. The van der Waals surface area contributed by atoms with Gasteiger partial charge in [0.05, 0.1) is 19.4 Å². The average Bonchev–Trinajstić information content (AvgIpc) is 2.47. The Hall–Kier alpha value is -0.870. The number of ether oxygens (including phenoxy) is 1. The molecular formula is C11H19N3O. The highest BCUT2D eigenvalue weighted by Crippen LogP contribution is 2.25. The van der Waals surface area contributed by atoms with E-state index in [1.165, 1.54) is 11.3 Å². The van der Waals surface area contributed by atoms with Crippen molar-refractivity contribution in [2.24, 2.45) is 12.5 Å². The molecule has 1 N–H and O–H groups in total. The molecule has 0 spiro atoms. The van der Waals surface area contributed by atoms with Gasteiger partial charge >= 0.3 is 0 Å². The van der Waals surface area contributed by atoms with Crippen molar-refractivity contribution in [3.8, 4) is 0 Å². The summed E-state index contributed by atoms with van der Waals surface area (Å²) in [6, 6.07) is 0. The van der Waals surface area contributed by atoms with Gasteiger partial charge in [0.15, 0.2) is 0 Å². The molecule has 84 valence electrons. The van der Waals surface area contributed by atoms with E-state index in [2.05, 4.69) is 24.3 Å². The second-order valence-electron chi connectivity index (χ2n) is 4.79. The van der Waals surface area contributed by atoms with Gasteiger partial charge in [0.1, 0.15) is 0 Å². The molecule has 0 radical (unpaired) electrons. The number of hydrogen-bond acceptors (Lipinski definition) is 3. The summed E-state index contributed by atoms with van der Waals surface area (Å²) < 4.78 is 7.12. The van der Waals surface area contributed by atoms with Gasteiger partial charge in [0.25, 0.3) is 0 Å². The Labute approximate surface area is 90.6 Å². The van der Waals surface area contributed by atoms with Gasteiger partial charge in [0, 0.05) is 36.8 Å². The number of aromatic nitrogens is 2. The lowest BCUT2D eigenvalue weighted by Gasteiger charge is -2.38.